The van der Waals surface area contributed by atoms with Crippen LogP contribution in [0.2, 0.25) is 0 Å². The van der Waals surface area contributed by atoms with Crippen LogP contribution in [-0.2, 0) is 37.5 Å². The van der Waals surface area contributed by atoms with Gasteiger partial charge in [0.15, 0.2) is 6.10 Å². The Kier molecular flexibility index (Phi) is 33.1. The number of unbranched alkanes of at least 4 members (excludes halogenated alkanes) is 21. The van der Waals surface area contributed by atoms with Crippen LogP contribution in [0.1, 0.15) is 181 Å². The van der Waals surface area contributed by atoms with Crippen molar-refractivity contribution in [2.75, 3.05) is 19.8 Å². The molecule has 1 unspecified atom stereocenters. The summed E-state index contributed by atoms with van der Waals surface area (Å²) in [5.41, 5.74) is 5.31. The number of hydrogen-bond donors (Lipinski definition) is 3. The van der Waals surface area contributed by atoms with Crippen molar-refractivity contribution in [2.45, 2.75) is 193 Å². The minimum absolute atomic E-state index is 0.162. The first kappa shape index (κ1) is 48.2. The molecule has 0 radical (unpaired) electrons. The summed E-state index contributed by atoms with van der Waals surface area (Å²) in [5.74, 6) is -2.38. The Bertz CT molecular complexity index is 916. The molecule has 294 valence electrons. The van der Waals surface area contributed by atoms with E-state index in [2.05, 4.69) is 30.5 Å². The molecule has 50 heavy (non-hydrogen) atoms. The van der Waals surface area contributed by atoms with Gasteiger partial charge in [0.05, 0.1) is 13.2 Å². The molecule has 0 rings (SSSR count). The largest absolute Gasteiger partial charge is 0.480 e. The number of rotatable bonds is 37. The highest BCUT2D eigenvalue weighted by atomic mass is 31.2. The van der Waals surface area contributed by atoms with Crippen molar-refractivity contribution in [3.63, 3.8) is 0 Å². The van der Waals surface area contributed by atoms with E-state index in [9.17, 15) is 23.8 Å². The van der Waals surface area contributed by atoms with Crippen molar-refractivity contribution < 1.29 is 47.5 Å². The second-order valence-corrected chi connectivity index (χ2v) is 14.9. The fraction of sp³-hybridized carbons (Fsp3) is 0.868. The molecule has 0 aromatic carbocycles. The summed E-state index contributed by atoms with van der Waals surface area (Å²) in [5, 5.41) is 8.84. The molecule has 3 atom stereocenters. The molecule has 0 aromatic rings. The molecule has 0 heterocycles. The van der Waals surface area contributed by atoms with E-state index >= 15 is 0 Å². The predicted octanol–water partition coefficient (Wildman–Crippen LogP) is 9.73. The van der Waals surface area contributed by atoms with Crippen molar-refractivity contribution in [3.05, 3.63) is 12.2 Å². The molecule has 0 aliphatic carbocycles. The van der Waals surface area contributed by atoms with E-state index in [4.69, 9.17) is 24.8 Å². The normalized spacial score (nSPS) is 14.0. The summed E-state index contributed by atoms with van der Waals surface area (Å²) in [6.07, 6.45) is 31.6. The molecule has 0 aliphatic rings. The molecule has 0 fully saturated rings. The standard InChI is InChI=1S/C38H72NO10P/c1-3-5-7-9-11-12-13-14-15-16-17-18-19-20-21-22-24-26-28-30-37(41)49-34(32-47-50(44,45)48-33-35(39)38(42)43)31-46-36(40)29-27-25-23-10-8-6-4-2/h14-15,34-35H,3-13,16-33,39H2,1-2H3,(H,42,43)(H,44,45)/b15-14+/t34-,35-/m0/s1. The van der Waals surface area contributed by atoms with Crippen LogP contribution in [-0.4, -0.2) is 59.9 Å². The van der Waals surface area contributed by atoms with Gasteiger partial charge in [0.2, 0.25) is 0 Å². The second-order valence-electron chi connectivity index (χ2n) is 13.4. The average molecular weight is 734 g/mol. The zero-order valence-electron chi connectivity index (χ0n) is 31.5. The van der Waals surface area contributed by atoms with Gasteiger partial charge in [0, 0.05) is 12.8 Å². The number of carboxylic acid groups (broad SMARTS) is 1. The summed E-state index contributed by atoms with van der Waals surface area (Å²) in [6, 6.07) is -1.52. The van der Waals surface area contributed by atoms with E-state index < -0.39 is 51.1 Å². The number of esters is 2. The molecular formula is C38H72NO10P. The molecule has 0 bridgehead atoms. The van der Waals surface area contributed by atoms with Gasteiger partial charge >= 0.3 is 25.7 Å². The Morgan fingerprint density at radius 1 is 0.600 bits per heavy atom. The monoisotopic (exact) mass is 733 g/mol. The summed E-state index contributed by atoms with van der Waals surface area (Å²) < 4.78 is 32.5. The summed E-state index contributed by atoms with van der Waals surface area (Å²) in [7, 11) is -4.70. The summed E-state index contributed by atoms with van der Waals surface area (Å²) in [6.45, 7) is 2.74. The Hall–Kier alpha value is -1.78. The number of phosphoric ester groups is 1. The smallest absolute Gasteiger partial charge is 0.472 e. The first-order valence-corrected chi connectivity index (χ1v) is 21.2. The van der Waals surface area contributed by atoms with Crippen LogP contribution < -0.4 is 5.73 Å². The fourth-order valence-corrected chi connectivity index (χ4v) is 6.13. The highest BCUT2D eigenvalue weighted by molar-refractivity contribution is 7.47. The lowest BCUT2D eigenvalue weighted by Gasteiger charge is -2.20. The van der Waals surface area contributed by atoms with Crippen LogP contribution >= 0.6 is 7.82 Å². The second kappa shape index (κ2) is 34.3. The van der Waals surface area contributed by atoms with Crippen LogP contribution in [0.4, 0.5) is 0 Å². The maximum Gasteiger partial charge on any atom is 0.472 e. The Morgan fingerprint density at radius 3 is 1.46 bits per heavy atom. The zero-order valence-corrected chi connectivity index (χ0v) is 32.4. The number of carboxylic acids is 1. The number of nitrogens with two attached hydrogens (primary N) is 1. The molecular weight excluding hydrogens is 661 g/mol. The lowest BCUT2D eigenvalue weighted by atomic mass is 10.1. The van der Waals surface area contributed by atoms with E-state index in [0.717, 1.165) is 38.5 Å². The van der Waals surface area contributed by atoms with Crippen LogP contribution in [0.15, 0.2) is 12.2 Å². The third kappa shape index (κ3) is 33.4. The third-order valence-corrected chi connectivity index (χ3v) is 9.46. The maximum atomic E-state index is 12.5. The van der Waals surface area contributed by atoms with Gasteiger partial charge in [-0.2, -0.15) is 0 Å². The molecule has 0 amide bonds. The van der Waals surface area contributed by atoms with E-state index in [1.54, 1.807) is 0 Å². The predicted molar refractivity (Wildman–Crippen MR) is 199 cm³/mol. The topological polar surface area (TPSA) is 172 Å². The van der Waals surface area contributed by atoms with E-state index in [-0.39, 0.29) is 19.4 Å². The number of carbonyl (C=O) groups excluding carboxylic acids is 2. The van der Waals surface area contributed by atoms with E-state index in [1.165, 1.54) is 103 Å². The maximum absolute atomic E-state index is 12.5. The van der Waals surface area contributed by atoms with Gasteiger partial charge in [-0.1, -0.05) is 142 Å². The minimum Gasteiger partial charge on any atom is -0.480 e. The zero-order chi connectivity index (χ0) is 37.1. The number of ether oxygens (including phenoxy) is 2. The SMILES string of the molecule is CCCCCCCC/C=C/CCCCCCCCCCCC(=O)O[C@@H](COC(=O)CCCCCCCCC)COP(=O)(O)OC[C@H](N)C(=O)O. The van der Waals surface area contributed by atoms with Gasteiger partial charge in [-0.05, 0) is 38.5 Å². The van der Waals surface area contributed by atoms with Gasteiger partial charge in [-0.15, -0.1) is 0 Å². The Morgan fingerprint density at radius 2 is 1.00 bits per heavy atom. The van der Waals surface area contributed by atoms with Crippen LogP contribution in [0, 0.1) is 0 Å². The molecule has 12 heteroatoms. The lowest BCUT2D eigenvalue weighted by molar-refractivity contribution is -0.161. The van der Waals surface area contributed by atoms with E-state index in [1.807, 2.05) is 0 Å². The number of phosphoric acid groups is 1. The molecule has 0 saturated carbocycles. The molecule has 0 aromatic heterocycles. The van der Waals surface area contributed by atoms with Crippen LogP contribution in [0.25, 0.3) is 0 Å². The number of allylic oxidation sites excluding steroid dienone is 2. The van der Waals surface area contributed by atoms with Gasteiger partial charge < -0.3 is 25.2 Å². The first-order chi connectivity index (χ1) is 24.1. The number of carbonyl (C=O) groups is 3. The molecule has 4 N–H and O–H groups in total. The van der Waals surface area contributed by atoms with Crippen LogP contribution in [0.5, 0.6) is 0 Å². The van der Waals surface area contributed by atoms with Gasteiger partial charge in [-0.3, -0.25) is 23.4 Å². The van der Waals surface area contributed by atoms with Gasteiger partial charge in [-0.25, -0.2) is 4.57 Å². The highest BCUT2D eigenvalue weighted by Gasteiger charge is 2.28. The van der Waals surface area contributed by atoms with Crippen molar-refractivity contribution in [1.82, 2.24) is 0 Å². The van der Waals surface area contributed by atoms with Crippen molar-refractivity contribution in [3.8, 4) is 0 Å². The number of aliphatic carboxylic acids is 1. The molecule has 0 aliphatic heterocycles. The molecule has 0 saturated heterocycles. The third-order valence-electron chi connectivity index (χ3n) is 8.51. The quantitative estimate of drug-likeness (QED) is 0.0240. The van der Waals surface area contributed by atoms with Crippen molar-refractivity contribution in [1.29, 1.82) is 0 Å². The van der Waals surface area contributed by atoms with Crippen molar-refractivity contribution in [2.24, 2.45) is 5.73 Å². The fourth-order valence-electron chi connectivity index (χ4n) is 5.35. The van der Waals surface area contributed by atoms with Gasteiger partial charge in [0.25, 0.3) is 0 Å². The summed E-state index contributed by atoms with van der Waals surface area (Å²) in [4.78, 5) is 45.6. The minimum atomic E-state index is -4.70. The highest BCUT2D eigenvalue weighted by Crippen LogP contribution is 2.43. The number of hydrogen-bond acceptors (Lipinski definition) is 9. The first-order valence-electron chi connectivity index (χ1n) is 19.7. The van der Waals surface area contributed by atoms with Crippen LogP contribution in [0.3, 0.4) is 0 Å². The van der Waals surface area contributed by atoms with Crippen molar-refractivity contribution >= 4 is 25.7 Å². The molecule has 0 spiro atoms. The van der Waals surface area contributed by atoms with Gasteiger partial charge in [0.1, 0.15) is 12.6 Å². The average Bonchev–Trinajstić information content (AvgIpc) is 3.09. The Balaban J connectivity index is 4.28. The molecule has 11 nitrogen and oxygen atoms in total. The summed E-state index contributed by atoms with van der Waals surface area (Å²) >= 11 is 0. The Labute approximate surface area is 303 Å². The van der Waals surface area contributed by atoms with E-state index in [0.29, 0.717) is 12.8 Å². The lowest BCUT2D eigenvalue weighted by Crippen LogP contribution is -2.34.